The molecule has 3 N–H and O–H groups in total. The van der Waals surface area contributed by atoms with E-state index in [1.54, 1.807) is 0 Å². The maximum atomic E-state index is 12.6. The zero-order chi connectivity index (χ0) is 21.4. The number of nitriles is 1. The number of para-hydroxylation sites is 1. The molecule has 0 heterocycles. The molecular weight excluding hydrogens is 378 g/mol. The number of carbonyl (C=O) groups is 1. The van der Waals surface area contributed by atoms with Gasteiger partial charge in [-0.25, -0.2) is 0 Å². The zero-order valence-corrected chi connectivity index (χ0v) is 18.8. The van der Waals surface area contributed by atoms with Crippen molar-refractivity contribution in [1.82, 2.24) is 0 Å². The molecule has 2 rings (SSSR count). The van der Waals surface area contributed by atoms with E-state index < -0.39 is 0 Å². The lowest BCUT2D eigenvalue weighted by Gasteiger charge is -2.22. The number of hydrogen-bond donors (Lipinski definition) is 2. The molecule has 0 unspecified atom stereocenters. The summed E-state index contributed by atoms with van der Waals surface area (Å²) in [5.41, 5.74) is 3.45. The molecule has 0 aliphatic heterocycles. The van der Waals surface area contributed by atoms with E-state index >= 15 is 0 Å². The van der Waals surface area contributed by atoms with Gasteiger partial charge in [-0.2, -0.15) is 5.26 Å². The van der Waals surface area contributed by atoms with Crippen molar-refractivity contribution in [3.8, 4) is 6.07 Å². The van der Waals surface area contributed by atoms with Gasteiger partial charge < -0.3 is 10.6 Å². The molecule has 154 valence electrons. The highest BCUT2D eigenvalue weighted by Crippen LogP contribution is 2.27. The SMILES string of the molecule is CC(C)[C@H]([NH2+]CC(=O)Nc1ccccc1SCC#N)c1ccc(C(C)(C)C)cc1. The Morgan fingerprint density at radius 3 is 2.38 bits per heavy atom. The summed E-state index contributed by atoms with van der Waals surface area (Å²) in [6.45, 7) is 11.4. The fourth-order valence-corrected chi connectivity index (χ4v) is 3.91. The molecule has 0 aromatic heterocycles. The third-order valence-electron chi connectivity index (χ3n) is 4.89. The van der Waals surface area contributed by atoms with Crippen molar-refractivity contribution >= 4 is 23.4 Å². The van der Waals surface area contributed by atoms with Crippen LogP contribution in [-0.2, 0) is 10.2 Å². The minimum absolute atomic E-state index is 0.0352. The van der Waals surface area contributed by atoms with Crippen LogP contribution >= 0.6 is 11.8 Å². The lowest BCUT2D eigenvalue weighted by molar-refractivity contribution is -0.692. The van der Waals surface area contributed by atoms with Gasteiger partial charge in [0.1, 0.15) is 6.04 Å². The van der Waals surface area contributed by atoms with Gasteiger partial charge in [-0.1, -0.05) is 71.0 Å². The summed E-state index contributed by atoms with van der Waals surface area (Å²) in [6.07, 6.45) is 0. The van der Waals surface area contributed by atoms with Crippen LogP contribution in [0.3, 0.4) is 0 Å². The van der Waals surface area contributed by atoms with Crippen molar-refractivity contribution in [2.75, 3.05) is 17.6 Å². The van der Waals surface area contributed by atoms with Crippen molar-refractivity contribution in [2.24, 2.45) is 5.92 Å². The van der Waals surface area contributed by atoms with Crippen LogP contribution in [0.1, 0.15) is 51.8 Å². The van der Waals surface area contributed by atoms with Gasteiger partial charge >= 0.3 is 0 Å². The first-order chi connectivity index (χ1) is 13.7. The first-order valence-corrected chi connectivity index (χ1v) is 11.0. The predicted octanol–water partition coefficient (Wildman–Crippen LogP) is 4.50. The van der Waals surface area contributed by atoms with Crippen molar-refractivity contribution < 1.29 is 10.1 Å². The number of benzene rings is 2. The van der Waals surface area contributed by atoms with E-state index in [1.165, 1.54) is 22.9 Å². The molecule has 0 saturated heterocycles. The molecule has 0 spiro atoms. The van der Waals surface area contributed by atoms with Crippen molar-refractivity contribution in [3.63, 3.8) is 0 Å². The van der Waals surface area contributed by atoms with Crippen LogP contribution in [0.15, 0.2) is 53.4 Å². The van der Waals surface area contributed by atoms with Gasteiger partial charge in [0.25, 0.3) is 5.91 Å². The highest BCUT2D eigenvalue weighted by molar-refractivity contribution is 7.99. The Balaban J connectivity index is 2.02. The first kappa shape index (κ1) is 23.0. The number of rotatable bonds is 8. The summed E-state index contributed by atoms with van der Waals surface area (Å²) in [6, 6.07) is 18.7. The minimum Gasteiger partial charge on any atom is -0.332 e. The predicted molar refractivity (Wildman–Crippen MR) is 121 cm³/mol. The minimum atomic E-state index is -0.0352. The molecule has 2 aromatic carbocycles. The van der Waals surface area contributed by atoms with Gasteiger partial charge in [-0.15, -0.1) is 11.8 Å². The molecule has 4 nitrogen and oxygen atoms in total. The summed E-state index contributed by atoms with van der Waals surface area (Å²) >= 11 is 1.43. The molecule has 0 fully saturated rings. The number of nitrogens with zero attached hydrogens (tertiary/aromatic N) is 1. The molecule has 5 heteroatoms. The molecule has 0 aliphatic carbocycles. The zero-order valence-electron chi connectivity index (χ0n) is 18.0. The summed E-state index contributed by atoms with van der Waals surface area (Å²) in [7, 11) is 0. The number of amides is 1. The van der Waals surface area contributed by atoms with Gasteiger partial charge in [0.15, 0.2) is 6.54 Å². The van der Waals surface area contributed by atoms with Gasteiger partial charge in [0.2, 0.25) is 0 Å². The fourth-order valence-electron chi connectivity index (χ4n) is 3.24. The van der Waals surface area contributed by atoms with Crippen LogP contribution in [0.4, 0.5) is 5.69 Å². The normalized spacial score (nSPS) is 12.4. The van der Waals surface area contributed by atoms with Crippen LogP contribution in [-0.4, -0.2) is 18.2 Å². The van der Waals surface area contributed by atoms with Gasteiger partial charge in [0, 0.05) is 16.4 Å². The molecule has 29 heavy (non-hydrogen) atoms. The van der Waals surface area contributed by atoms with Crippen LogP contribution in [0, 0.1) is 17.2 Å². The highest BCUT2D eigenvalue weighted by Gasteiger charge is 2.22. The number of quaternary nitrogens is 1. The van der Waals surface area contributed by atoms with Gasteiger partial charge in [-0.05, 0) is 23.1 Å². The standard InChI is InChI=1S/C24H31N3OS/c1-17(2)23(18-10-12-19(13-11-18)24(3,4)5)26-16-22(28)27-20-8-6-7-9-21(20)29-15-14-25/h6-13,17,23,26H,15-16H2,1-5H3,(H,27,28)/p+1/t23-/m0/s1. The lowest BCUT2D eigenvalue weighted by Crippen LogP contribution is -2.88. The summed E-state index contributed by atoms with van der Waals surface area (Å²) < 4.78 is 0. The average molecular weight is 411 g/mol. The maximum absolute atomic E-state index is 12.6. The summed E-state index contributed by atoms with van der Waals surface area (Å²) in [4.78, 5) is 13.5. The topological polar surface area (TPSA) is 69.5 Å². The van der Waals surface area contributed by atoms with Crippen molar-refractivity contribution in [2.45, 2.75) is 51.0 Å². The Hall–Kier alpha value is -2.29. The molecule has 1 atom stereocenters. The van der Waals surface area contributed by atoms with E-state index in [9.17, 15) is 4.79 Å². The van der Waals surface area contributed by atoms with Gasteiger partial charge in [0.05, 0.1) is 17.5 Å². The quantitative estimate of drug-likeness (QED) is 0.630. The number of carbonyl (C=O) groups excluding carboxylic acids is 1. The third kappa shape index (κ3) is 6.92. The Labute approximate surface area is 179 Å². The number of nitrogens with one attached hydrogen (secondary N) is 1. The van der Waals surface area contributed by atoms with Crippen molar-refractivity contribution in [3.05, 3.63) is 59.7 Å². The van der Waals surface area contributed by atoms with E-state index in [4.69, 9.17) is 5.26 Å². The number of nitrogens with two attached hydrogens (primary N) is 1. The highest BCUT2D eigenvalue weighted by atomic mass is 32.2. The monoisotopic (exact) mass is 410 g/mol. The molecule has 0 bridgehead atoms. The van der Waals surface area contributed by atoms with Gasteiger partial charge in [-0.3, -0.25) is 4.79 Å². The summed E-state index contributed by atoms with van der Waals surface area (Å²) in [5.74, 6) is 0.729. The number of hydrogen-bond acceptors (Lipinski definition) is 3. The van der Waals surface area contributed by atoms with Crippen LogP contribution in [0.5, 0.6) is 0 Å². The van der Waals surface area contributed by atoms with E-state index in [2.05, 4.69) is 75.6 Å². The summed E-state index contributed by atoms with van der Waals surface area (Å²) in [5, 5.41) is 13.9. The number of anilines is 1. The van der Waals surface area contributed by atoms with Crippen LogP contribution in [0.25, 0.3) is 0 Å². The molecule has 0 saturated carbocycles. The fraction of sp³-hybridized carbons (Fsp3) is 0.417. The second kappa shape index (κ2) is 10.5. The molecule has 0 radical (unpaired) electrons. The second-order valence-electron chi connectivity index (χ2n) is 8.57. The smallest absolute Gasteiger partial charge is 0.279 e. The Bertz CT molecular complexity index is 848. The third-order valence-corrected chi connectivity index (χ3v) is 5.83. The average Bonchev–Trinajstić information content (AvgIpc) is 2.67. The van der Waals surface area contributed by atoms with E-state index in [0.29, 0.717) is 18.2 Å². The van der Waals surface area contributed by atoms with Crippen LogP contribution < -0.4 is 10.6 Å². The van der Waals surface area contributed by atoms with Crippen LogP contribution in [0.2, 0.25) is 0 Å². The first-order valence-electron chi connectivity index (χ1n) is 10.0. The van der Waals surface area contributed by atoms with Crippen molar-refractivity contribution in [1.29, 1.82) is 5.26 Å². The Morgan fingerprint density at radius 1 is 1.14 bits per heavy atom. The molecular formula is C24H32N3OS+. The second-order valence-corrected chi connectivity index (χ2v) is 9.59. The Morgan fingerprint density at radius 2 is 1.79 bits per heavy atom. The van der Waals surface area contributed by atoms with E-state index in [0.717, 1.165) is 10.6 Å². The molecule has 0 aliphatic rings. The van der Waals surface area contributed by atoms with E-state index in [-0.39, 0.29) is 17.4 Å². The molecule has 2 aromatic rings. The Kier molecular flexibility index (Phi) is 8.31. The largest absolute Gasteiger partial charge is 0.332 e. The maximum Gasteiger partial charge on any atom is 0.279 e. The molecule has 1 amide bonds. The lowest BCUT2D eigenvalue weighted by atomic mass is 9.85. The van der Waals surface area contributed by atoms with E-state index in [1.807, 2.05) is 24.3 Å². The number of thioether (sulfide) groups is 1.